The Bertz CT molecular complexity index is 1290. The number of amides is 1. The van der Waals surface area contributed by atoms with Crippen molar-refractivity contribution in [2.24, 2.45) is 0 Å². The van der Waals surface area contributed by atoms with Crippen molar-refractivity contribution in [1.29, 1.82) is 0 Å². The lowest BCUT2D eigenvalue weighted by molar-refractivity contribution is -0.870. The summed E-state index contributed by atoms with van der Waals surface area (Å²) < 4.78 is 23.6. The van der Waals surface area contributed by atoms with E-state index in [0.29, 0.717) is 17.4 Å². The Labute approximate surface area is 441 Å². The van der Waals surface area contributed by atoms with Gasteiger partial charge in [-0.2, -0.15) is 0 Å². The molecule has 0 bridgehead atoms. The van der Waals surface area contributed by atoms with Crippen molar-refractivity contribution >= 4 is 13.7 Å². The standard InChI is InChI=1S/C62H119N2O6P/c1-6-8-10-12-14-16-18-19-20-21-22-23-24-25-26-27-28-29-30-31-32-33-34-35-36-37-38-39-40-41-42-43-44-45-46-48-50-52-54-56-62(66)63-60(59-70-71(67,68)69-58-57-64(3,4)5)61(65)55-53-51-49-47-17-15-13-11-9-7-2/h9,11,17,31-32,47,53,55,60-61,65H,6-8,10,12-16,18-30,33-46,48-52,54,56-59H2,1-5H3,(H-,63,66,67,68)/p+1/b11-9+,32-31-,47-17+,55-53+. The number of phosphoric acid groups is 1. The lowest BCUT2D eigenvalue weighted by Crippen LogP contribution is -2.45. The quantitative estimate of drug-likeness (QED) is 0.0243. The van der Waals surface area contributed by atoms with Crippen LogP contribution in [0.4, 0.5) is 0 Å². The Balaban J connectivity index is 3.82. The zero-order chi connectivity index (χ0) is 52.0. The van der Waals surface area contributed by atoms with E-state index in [9.17, 15) is 19.4 Å². The number of aliphatic hydroxyl groups is 1. The highest BCUT2D eigenvalue weighted by atomic mass is 31.2. The van der Waals surface area contributed by atoms with Crippen LogP contribution in [0, 0.1) is 0 Å². The number of carbonyl (C=O) groups is 1. The molecule has 0 fully saturated rings. The summed E-state index contributed by atoms with van der Waals surface area (Å²) in [6.45, 7) is 4.68. The van der Waals surface area contributed by atoms with E-state index in [2.05, 4.69) is 55.6 Å². The lowest BCUT2D eigenvalue weighted by atomic mass is 10.0. The molecule has 3 N–H and O–H groups in total. The summed E-state index contributed by atoms with van der Waals surface area (Å²) in [4.78, 5) is 23.2. The number of phosphoric ester groups is 1. The van der Waals surface area contributed by atoms with E-state index >= 15 is 0 Å². The summed E-state index contributed by atoms with van der Waals surface area (Å²) in [6.07, 6.45) is 71.4. The number of hydrogen-bond donors (Lipinski definition) is 3. The molecule has 0 aliphatic carbocycles. The van der Waals surface area contributed by atoms with Crippen LogP contribution in [0.3, 0.4) is 0 Å². The van der Waals surface area contributed by atoms with Crippen LogP contribution in [0.15, 0.2) is 48.6 Å². The highest BCUT2D eigenvalue weighted by molar-refractivity contribution is 7.47. The number of aliphatic hydroxyl groups excluding tert-OH is 1. The molecule has 0 aliphatic heterocycles. The minimum absolute atomic E-state index is 0.0533. The largest absolute Gasteiger partial charge is 0.472 e. The van der Waals surface area contributed by atoms with Crippen molar-refractivity contribution in [3.05, 3.63) is 48.6 Å². The summed E-state index contributed by atoms with van der Waals surface area (Å²) in [5.74, 6) is -0.191. The fraction of sp³-hybridized carbons (Fsp3) is 0.855. The summed E-state index contributed by atoms with van der Waals surface area (Å²) in [6, 6.07) is -0.868. The predicted molar refractivity (Wildman–Crippen MR) is 309 cm³/mol. The molecule has 0 aromatic carbocycles. The Hall–Kier alpha value is -1.54. The molecule has 0 heterocycles. The smallest absolute Gasteiger partial charge is 0.387 e. The van der Waals surface area contributed by atoms with Crippen molar-refractivity contribution in [2.45, 2.75) is 302 Å². The number of allylic oxidation sites excluding steroid dienone is 7. The Morgan fingerprint density at radius 1 is 0.479 bits per heavy atom. The third-order valence-electron chi connectivity index (χ3n) is 13.8. The second kappa shape index (κ2) is 53.3. The number of carbonyl (C=O) groups excluding carboxylic acids is 1. The number of quaternary nitrogens is 1. The number of hydrogen-bond acceptors (Lipinski definition) is 5. The van der Waals surface area contributed by atoms with Crippen LogP contribution in [0.1, 0.15) is 290 Å². The molecule has 1 amide bonds. The molecule has 0 saturated carbocycles. The third-order valence-corrected chi connectivity index (χ3v) is 14.7. The van der Waals surface area contributed by atoms with Gasteiger partial charge in [0.1, 0.15) is 13.2 Å². The minimum Gasteiger partial charge on any atom is -0.387 e. The van der Waals surface area contributed by atoms with Gasteiger partial charge in [-0.05, 0) is 64.2 Å². The van der Waals surface area contributed by atoms with Crippen LogP contribution < -0.4 is 5.32 Å². The molecule has 418 valence electrons. The van der Waals surface area contributed by atoms with E-state index in [1.807, 2.05) is 27.2 Å². The molecule has 0 aromatic rings. The van der Waals surface area contributed by atoms with Gasteiger partial charge in [0.05, 0.1) is 39.9 Å². The first-order chi connectivity index (χ1) is 34.5. The lowest BCUT2D eigenvalue weighted by Gasteiger charge is -2.25. The van der Waals surface area contributed by atoms with Crippen LogP contribution in [0.5, 0.6) is 0 Å². The van der Waals surface area contributed by atoms with Gasteiger partial charge in [-0.15, -0.1) is 0 Å². The fourth-order valence-corrected chi connectivity index (χ4v) is 9.76. The maximum atomic E-state index is 12.9. The van der Waals surface area contributed by atoms with Gasteiger partial charge in [0.2, 0.25) is 5.91 Å². The normalized spacial score (nSPS) is 14.2. The van der Waals surface area contributed by atoms with Gasteiger partial charge in [-0.1, -0.05) is 268 Å². The maximum absolute atomic E-state index is 12.9. The van der Waals surface area contributed by atoms with Gasteiger partial charge in [0.25, 0.3) is 0 Å². The van der Waals surface area contributed by atoms with E-state index < -0.39 is 20.0 Å². The molecule has 3 atom stereocenters. The molecule has 0 rings (SSSR count). The van der Waals surface area contributed by atoms with Crippen LogP contribution in [0.25, 0.3) is 0 Å². The maximum Gasteiger partial charge on any atom is 0.472 e. The highest BCUT2D eigenvalue weighted by Crippen LogP contribution is 2.43. The van der Waals surface area contributed by atoms with E-state index in [0.717, 1.165) is 51.4 Å². The Kier molecular flexibility index (Phi) is 52.1. The van der Waals surface area contributed by atoms with E-state index in [4.69, 9.17) is 9.05 Å². The van der Waals surface area contributed by atoms with Crippen LogP contribution in [-0.4, -0.2) is 73.4 Å². The average Bonchev–Trinajstić information content (AvgIpc) is 3.33. The molecule has 0 aromatic heterocycles. The minimum atomic E-state index is -4.35. The summed E-state index contributed by atoms with van der Waals surface area (Å²) in [7, 11) is 1.55. The second-order valence-electron chi connectivity index (χ2n) is 22.0. The zero-order valence-electron chi connectivity index (χ0n) is 47.7. The van der Waals surface area contributed by atoms with E-state index in [-0.39, 0.29) is 19.1 Å². The number of rotatable bonds is 56. The Morgan fingerprint density at radius 3 is 1.20 bits per heavy atom. The Morgan fingerprint density at radius 2 is 0.817 bits per heavy atom. The zero-order valence-corrected chi connectivity index (χ0v) is 48.6. The van der Waals surface area contributed by atoms with Crippen LogP contribution in [0.2, 0.25) is 0 Å². The van der Waals surface area contributed by atoms with E-state index in [1.54, 1.807) is 6.08 Å². The number of nitrogens with one attached hydrogen (secondary N) is 1. The van der Waals surface area contributed by atoms with Gasteiger partial charge in [-0.25, -0.2) is 4.57 Å². The van der Waals surface area contributed by atoms with Crippen molar-refractivity contribution < 1.29 is 32.9 Å². The van der Waals surface area contributed by atoms with Gasteiger partial charge in [0.15, 0.2) is 0 Å². The molecule has 0 aliphatic rings. The van der Waals surface area contributed by atoms with Gasteiger partial charge in [0, 0.05) is 6.42 Å². The fourth-order valence-electron chi connectivity index (χ4n) is 9.02. The summed E-state index contributed by atoms with van der Waals surface area (Å²) in [5, 5.41) is 13.8. The van der Waals surface area contributed by atoms with Crippen LogP contribution >= 0.6 is 7.82 Å². The number of nitrogens with zero attached hydrogens (tertiary/aromatic N) is 1. The monoisotopic (exact) mass is 1020 g/mol. The van der Waals surface area contributed by atoms with Gasteiger partial charge >= 0.3 is 7.82 Å². The molecular formula is C62H120N2O6P+. The van der Waals surface area contributed by atoms with Crippen molar-refractivity contribution in [2.75, 3.05) is 40.9 Å². The molecule has 3 unspecified atom stereocenters. The average molecular weight is 1020 g/mol. The highest BCUT2D eigenvalue weighted by Gasteiger charge is 2.27. The summed E-state index contributed by atoms with van der Waals surface area (Å²) in [5.41, 5.74) is 0. The molecule has 0 saturated heterocycles. The first-order valence-corrected chi connectivity index (χ1v) is 32.0. The first-order valence-electron chi connectivity index (χ1n) is 30.5. The molecular weight excluding hydrogens is 900 g/mol. The molecule has 9 heteroatoms. The molecule has 0 spiro atoms. The van der Waals surface area contributed by atoms with E-state index in [1.165, 1.54) is 218 Å². The number of likely N-dealkylation sites (N-methyl/N-ethyl adjacent to an activating group) is 1. The van der Waals surface area contributed by atoms with Crippen molar-refractivity contribution in [3.63, 3.8) is 0 Å². The molecule has 0 radical (unpaired) electrons. The van der Waals surface area contributed by atoms with Gasteiger partial charge in [-0.3, -0.25) is 13.8 Å². The second-order valence-corrected chi connectivity index (χ2v) is 23.5. The first kappa shape index (κ1) is 69.5. The molecule has 8 nitrogen and oxygen atoms in total. The van der Waals surface area contributed by atoms with Crippen LogP contribution in [-0.2, 0) is 18.4 Å². The topological polar surface area (TPSA) is 105 Å². The molecule has 71 heavy (non-hydrogen) atoms. The van der Waals surface area contributed by atoms with Crippen molar-refractivity contribution in [3.8, 4) is 0 Å². The van der Waals surface area contributed by atoms with Gasteiger partial charge < -0.3 is 19.8 Å². The van der Waals surface area contributed by atoms with Crippen molar-refractivity contribution in [1.82, 2.24) is 5.32 Å². The SMILES string of the molecule is CC/C=C/CC/C=C/CC/C=C/C(O)C(COP(=O)(O)OCC[N+](C)(C)C)NC(=O)CCCCCCCCCCCCCCCCCCC/C=C\CCCCCCCCCCCCCCCCCCCC. The predicted octanol–water partition coefficient (Wildman–Crippen LogP) is 18.7. The summed E-state index contributed by atoms with van der Waals surface area (Å²) >= 11 is 0. The third kappa shape index (κ3) is 56.0. The number of unbranched alkanes of at least 4 members (excludes halogenated alkanes) is 37.